The summed E-state index contributed by atoms with van der Waals surface area (Å²) in [5, 5.41) is 4.35. The smallest absolute Gasteiger partial charge is 0.193 e. The van der Waals surface area contributed by atoms with E-state index in [-0.39, 0.29) is 24.0 Å². The molecule has 0 spiro atoms. The van der Waals surface area contributed by atoms with Crippen LogP contribution in [0.4, 0.5) is 0 Å². The monoisotopic (exact) mass is 462 g/mol. The summed E-state index contributed by atoms with van der Waals surface area (Å²) < 4.78 is 0. The van der Waals surface area contributed by atoms with E-state index in [0.29, 0.717) is 0 Å². The zero-order valence-electron chi connectivity index (χ0n) is 14.5. The molecule has 1 aromatic rings. The predicted octanol–water partition coefficient (Wildman–Crippen LogP) is 3.45. The molecule has 4 nitrogen and oxygen atoms in total. The number of nitrogens with one attached hydrogen (secondary N) is 1. The third-order valence-electron chi connectivity index (χ3n) is 4.87. The highest BCUT2D eigenvalue weighted by molar-refractivity contribution is 14.0. The molecule has 2 fully saturated rings. The van der Waals surface area contributed by atoms with Crippen LogP contribution < -0.4 is 5.32 Å². The molecule has 1 atom stereocenters. The quantitative estimate of drug-likeness (QED) is 0.413. The number of hydrogen-bond acceptors (Lipinski definition) is 2. The first-order valence-corrected chi connectivity index (χ1v) is 8.94. The average molecular weight is 463 g/mol. The third-order valence-corrected chi connectivity index (χ3v) is 5.24. The van der Waals surface area contributed by atoms with Gasteiger partial charge in [-0.1, -0.05) is 29.8 Å². The molecule has 1 N–H and O–H groups in total. The van der Waals surface area contributed by atoms with Crippen molar-refractivity contribution >= 4 is 41.5 Å². The van der Waals surface area contributed by atoms with Gasteiger partial charge in [-0.25, -0.2) is 0 Å². The summed E-state index contributed by atoms with van der Waals surface area (Å²) in [4.78, 5) is 9.21. The van der Waals surface area contributed by atoms with E-state index in [2.05, 4.69) is 33.2 Å². The lowest BCUT2D eigenvalue weighted by molar-refractivity contribution is 0.313. The zero-order valence-corrected chi connectivity index (χ0v) is 17.6. The first-order chi connectivity index (χ1) is 11.2. The number of halogens is 2. The van der Waals surface area contributed by atoms with E-state index in [4.69, 9.17) is 11.6 Å². The van der Waals surface area contributed by atoms with Crippen molar-refractivity contribution in [2.45, 2.75) is 31.8 Å². The maximum absolute atomic E-state index is 6.26. The standard InChI is InChI=1S/C18H27ClN4.HI/c1-20-18(22(2)13-15-5-3-4-6-17(15)19)21-11-14-9-10-23(12-14)16-7-8-16;/h3-6,14,16H,7-13H2,1-2H3,(H,20,21);1H. The van der Waals surface area contributed by atoms with Gasteiger partial charge in [-0.15, -0.1) is 24.0 Å². The molecule has 3 rings (SSSR count). The lowest BCUT2D eigenvalue weighted by atomic mass is 10.1. The fourth-order valence-electron chi connectivity index (χ4n) is 3.38. The first kappa shape index (κ1) is 19.8. The molecule has 1 saturated carbocycles. The molecule has 1 unspecified atom stereocenters. The molecule has 1 aliphatic heterocycles. The summed E-state index contributed by atoms with van der Waals surface area (Å²) in [5.74, 6) is 1.68. The Morgan fingerprint density at radius 1 is 1.33 bits per heavy atom. The Morgan fingerprint density at radius 3 is 2.75 bits per heavy atom. The van der Waals surface area contributed by atoms with Crippen molar-refractivity contribution in [3.8, 4) is 0 Å². The van der Waals surface area contributed by atoms with Gasteiger partial charge < -0.3 is 15.1 Å². The van der Waals surface area contributed by atoms with E-state index in [1.54, 1.807) is 0 Å². The second kappa shape index (κ2) is 9.25. The molecule has 1 aliphatic carbocycles. The lowest BCUT2D eigenvalue weighted by Gasteiger charge is -2.24. The largest absolute Gasteiger partial charge is 0.356 e. The van der Waals surface area contributed by atoms with Gasteiger partial charge in [0.25, 0.3) is 0 Å². The SMILES string of the molecule is CN=C(NCC1CCN(C2CC2)C1)N(C)Cc1ccccc1Cl.I. The van der Waals surface area contributed by atoms with Crippen LogP contribution in [0.2, 0.25) is 5.02 Å². The Labute approximate surface area is 167 Å². The van der Waals surface area contributed by atoms with Crippen LogP contribution in [0.5, 0.6) is 0 Å². The number of guanidine groups is 1. The van der Waals surface area contributed by atoms with Crippen molar-refractivity contribution in [1.29, 1.82) is 0 Å². The topological polar surface area (TPSA) is 30.9 Å². The van der Waals surface area contributed by atoms with E-state index >= 15 is 0 Å². The Balaban J connectivity index is 0.00000208. The highest BCUT2D eigenvalue weighted by Crippen LogP contribution is 2.31. The normalized spacial score (nSPS) is 21.5. The third kappa shape index (κ3) is 5.23. The van der Waals surface area contributed by atoms with Crippen molar-refractivity contribution in [3.63, 3.8) is 0 Å². The molecule has 0 bridgehead atoms. The molecule has 2 aliphatic rings. The van der Waals surface area contributed by atoms with Crippen LogP contribution in [-0.4, -0.2) is 55.5 Å². The molecule has 1 aromatic carbocycles. The molecule has 134 valence electrons. The van der Waals surface area contributed by atoms with E-state index < -0.39 is 0 Å². The second-order valence-electron chi connectivity index (χ2n) is 6.76. The number of nitrogens with zero attached hydrogens (tertiary/aromatic N) is 3. The molecule has 24 heavy (non-hydrogen) atoms. The summed E-state index contributed by atoms with van der Waals surface area (Å²) in [6.45, 7) is 4.27. The number of rotatable bonds is 5. The van der Waals surface area contributed by atoms with Gasteiger partial charge in [-0.05, 0) is 43.4 Å². The fraction of sp³-hybridized carbons (Fsp3) is 0.611. The van der Waals surface area contributed by atoms with Gasteiger partial charge >= 0.3 is 0 Å². The van der Waals surface area contributed by atoms with Crippen LogP contribution in [0.25, 0.3) is 0 Å². The maximum Gasteiger partial charge on any atom is 0.193 e. The van der Waals surface area contributed by atoms with E-state index in [1.165, 1.54) is 32.4 Å². The Hall–Kier alpha value is -0.530. The van der Waals surface area contributed by atoms with Crippen molar-refractivity contribution < 1.29 is 0 Å². The van der Waals surface area contributed by atoms with Gasteiger partial charge in [0.05, 0.1) is 0 Å². The zero-order chi connectivity index (χ0) is 16.2. The average Bonchev–Trinajstić information content (AvgIpc) is 3.29. The highest BCUT2D eigenvalue weighted by atomic mass is 127. The second-order valence-corrected chi connectivity index (χ2v) is 7.16. The van der Waals surface area contributed by atoms with Crippen molar-refractivity contribution in [2.75, 3.05) is 33.7 Å². The summed E-state index contributed by atoms with van der Waals surface area (Å²) >= 11 is 6.26. The number of hydrogen-bond donors (Lipinski definition) is 1. The van der Waals surface area contributed by atoms with Crippen molar-refractivity contribution in [1.82, 2.24) is 15.1 Å². The van der Waals surface area contributed by atoms with Gasteiger partial charge in [0.15, 0.2) is 5.96 Å². The van der Waals surface area contributed by atoms with Crippen LogP contribution in [-0.2, 0) is 6.54 Å². The number of likely N-dealkylation sites (tertiary alicyclic amines) is 1. The molecule has 0 amide bonds. The molecular formula is C18H28ClIN4. The van der Waals surface area contributed by atoms with Gasteiger partial charge in [0, 0.05) is 44.8 Å². The van der Waals surface area contributed by atoms with Crippen LogP contribution in [0, 0.1) is 5.92 Å². The maximum atomic E-state index is 6.26. The Morgan fingerprint density at radius 2 is 2.08 bits per heavy atom. The highest BCUT2D eigenvalue weighted by Gasteiger charge is 2.34. The predicted molar refractivity (Wildman–Crippen MR) is 112 cm³/mol. The van der Waals surface area contributed by atoms with E-state index in [9.17, 15) is 0 Å². The summed E-state index contributed by atoms with van der Waals surface area (Å²) in [6, 6.07) is 8.88. The van der Waals surface area contributed by atoms with E-state index in [0.717, 1.165) is 41.6 Å². The van der Waals surface area contributed by atoms with Gasteiger partial charge in [0.2, 0.25) is 0 Å². The fourth-order valence-corrected chi connectivity index (χ4v) is 3.57. The Bertz CT molecular complexity index is 562. The van der Waals surface area contributed by atoms with Crippen LogP contribution >= 0.6 is 35.6 Å². The Kier molecular flexibility index (Phi) is 7.62. The summed E-state index contributed by atoms with van der Waals surface area (Å²) in [6.07, 6.45) is 4.11. The molecule has 0 radical (unpaired) electrons. The molecule has 1 saturated heterocycles. The number of aliphatic imine (C=N–C) groups is 1. The van der Waals surface area contributed by atoms with Crippen LogP contribution in [0.15, 0.2) is 29.3 Å². The molecular weight excluding hydrogens is 435 g/mol. The lowest BCUT2D eigenvalue weighted by Crippen LogP contribution is -2.41. The minimum Gasteiger partial charge on any atom is -0.356 e. The van der Waals surface area contributed by atoms with Crippen LogP contribution in [0.1, 0.15) is 24.8 Å². The molecule has 6 heteroatoms. The minimum atomic E-state index is 0. The van der Waals surface area contributed by atoms with Crippen molar-refractivity contribution in [2.24, 2.45) is 10.9 Å². The number of benzene rings is 1. The van der Waals surface area contributed by atoms with Gasteiger partial charge in [-0.2, -0.15) is 0 Å². The van der Waals surface area contributed by atoms with Crippen LogP contribution in [0.3, 0.4) is 0 Å². The summed E-state index contributed by atoms with van der Waals surface area (Å²) in [5.41, 5.74) is 1.13. The molecule has 1 heterocycles. The van der Waals surface area contributed by atoms with Crippen molar-refractivity contribution in [3.05, 3.63) is 34.9 Å². The summed E-state index contributed by atoms with van der Waals surface area (Å²) in [7, 11) is 3.90. The van der Waals surface area contributed by atoms with Gasteiger partial charge in [0.1, 0.15) is 0 Å². The first-order valence-electron chi connectivity index (χ1n) is 8.56. The minimum absolute atomic E-state index is 0. The van der Waals surface area contributed by atoms with E-state index in [1.807, 2.05) is 25.2 Å². The van der Waals surface area contributed by atoms with Gasteiger partial charge in [-0.3, -0.25) is 4.99 Å². The molecule has 0 aromatic heterocycles.